The molecule has 0 N–H and O–H groups in total. The Morgan fingerprint density at radius 2 is 1.95 bits per heavy atom. The van der Waals surface area contributed by atoms with Crippen LogP contribution in [0.4, 0.5) is 0 Å². The first kappa shape index (κ1) is 15.3. The van der Waals surface area contributed by atoms with Crippen LogP contribution in [0.5, 0.6) is 0 Å². The largest absolute Gasteiger partial charge is 0.244 e. The first-order chi connectivity index (χ1) is 9.07. The lowest BCUT2D eigenvalue weighted by Gasteiger charge is -2.26. The van der Waals surface area contributed by atoms with Gasteiger partial charge in [0.1, 0.15) is 0 Å². The Kier molecular flexibility index (Phi) is 5.29. The van der Waals surface area contributed by atoms with E-state index in [2.05, 4.69) is 0 Å². The predicted molar refractivity (Wildman–Crippen MR) is 80.3 cm³/mol. The summed E-state index contributed by atoms with van der Waals surface area (Å²) in [5.41, 5.74) is 0. The van der Waals surface area contributed by atoms with Crippen molar-refractivity contribution in [3.8, 4) is 0 Å². The SMILES string of the molecule is CN(C1CCCCCC1)S(=O)(=O)c1ccsc1CCl. The minimum absolute atomic E-state index is 0.135. The summed E-state index contributed by atoms with van der Waals surface area (Å²) in [4.78, 5) is 1.13. The standard InChI is InChI=1S/C13H20ClNO2S2/c1-15(11-6-4-2-3-5-7-11)19(16,17)13-8-9-18-12(13)10-14/h8-9,11H,2-7,10H2,1H3. The average molecular weight is 322 g/mol. The van der Waals surface area contributed by atoms with Gasteiger partial charge in [-0.1, -0.05) is 25.7 Å². The molecule has 0 radical (unpaired) electrons. The number of halogens is 1. The van der Waals surface area contributed by atoms with Crippen molar-refractivity contribution in [3.63, 3.8) is 0 Å². The summed E-state index contributed by atoms with van der Waals surface area (Å²) in [5, 5.41) is 1.80. The predicted octanol–water partition coefficient (Wildman–Crippen LogP) is 3.83. The third-order valence-electron chi connectivity index (χ3n) is 3.82. The summed E-state index contributed by atoms with van der Waals surface area (Å²) in [7, 11) is -1.69. The maximum atomic E-state index is 12.7. The van der Waals surface area contributed by atoms with Gasteiger partial charge in [0.2, 0.25) is 10.0 Å². The van der Waals surface area contributed by atoms with E-state index in [4.69, 9.17) is 11.6 Å². The Morgan fingerprint density at radius 3 is 2.53 bits per heavy atom. The van der Waals surface area contributed by atoms with Gasteiger partial charge in [0.05, 0.1) is 10.8 Å². The highest BCUT2D eigenvalue weighted by molar-refractivity contribution is 7.89. The average Bonchev–Trinajstić information content (AvgIpc) is 2.73. The van der Waals surface area contributed by atoms with Crippen LogP contribution in [0.25, 0.3) is 0 Å². The highest BCUT2D eigenvalue weighted by Crippen LogP contribution is 2.30. The van der Waals surface area contributed by atoms with Crippen molar-refractivity contribution >= 4 is 33.0 Å². The normalized spacial score (nSPS) is 18.7. The van der Waals surface area contributed by atoms with Crippen LogP contribution < -0.4 is 0 Å². The lowest BCUT2D eigenvalue weighted by atomic mass is 10.1. The molecule has 1 saturated carbocycles. The monoisotopic (exact) mass is 321 g/mol. The van der Waals surface area contributed by atoms with E-state index in [1.165, 1.54) is 24.2 Å². The molecule has 6 heteroatoms. The van der Waals surface area contributed by atoms with Crippen molar-refractivity contribution in [2.24, 2.45) is 0 Å². The number of alkyl halides is 1. The smallest absolute Gasteiger partial charge is 0.207 e. The van der Waals surface area contributed by atoms with Gasteiger partial charge in [-0.2, -0.15) is 4.31 Å². The Morgan fingerprint density at radius 1 is 1.32 bits per heavy atom. The van der Waals surface area contributed by atoms with Crippen LogP contribution in [0.15, 0.2) is 16.3 Å². The van der Waals surface area contributed by atoms with E-state index in [9.17, 15) is 8.42 Å². The topological polar surface area (TPSA) is 37.4 Å². The Labute approximate surface area is 124 Å². The van der Waals surface area contributed by atoms with Crippen LogP contribution in [-0.4, -0.2) is 25.8 Å². The summed E-state index contributed by atoms with van der Waals surface area (Å²) in [6.07, 6.45) is 6.62. The van der Waals surface area contributed by atoms with Crippen LogP contribution in [0.3, 0.4) is 0 Å². The molecular formula is C13H20ClNO2S2. The first-order valence-corrected chi connectivity index (χ1v) is 9.53. The molecule has 19 heavy (non-hydrogen) atoms. The summed E-state index contributed by atoms with van der Waals surface area (Å²) in [5.74, 6) is 0.255. The number of nitrogens with zero attached hydrogens (tertiary/aromatic N) is 1. The lowest BCUT2D eigenvalue weighted by Crippen LogP contribution is -2.36. The van der Waals surface area contributed by atoms with Crippen LogP contribution in [0, 0.1) is 0 Å². The number of rotatable bonds is 4. The van der Waals surface area contributed by atoms with Crippen molar-refractivity contribution in [2.75, 3.05) is 7.05 Å². The van der Waals surface area contributed by atoms with Gasteiger partial charge in [0, 0.05) is 18.0 Å². The Bertz CT molecular complexity index is 504. The molecular weight excluding hydrogens is 302 g/mol. The Hall–Kier alpha value is -0.100. The minimum atomic E-state index is -3.39. The molecule has 0 spiro atoms. The summed E-state index contributed by atoms with van der Waals surface area (Å²) in [6.45, 7) is 0. The number of thiophene rings is 1. The molecule has 0 aromatic carbocycles. The quantitative estimate of drug-likeness (QED) is 0.624. The number of hydrogen-bond acceptors (Lipinski definition) is 3. The molecule has 1 aliphatic rings. The molecule has 1 aromatic rings. The number of sulfonamides is 1. The second kappa shape index (κ2) is 6.57. The van der Waals surface area contributed by atoms with E-state index < -0.39 is 10.0 Å². The van der Waals surface area contributed by atoms with Crippen LogP contribution in [0.1, 0.15) is 43.4 Å². The maximum Gasteiger partial charge on any atom is 0.244 e. The molecule has 1 aliphatic carbocycles. The van der Waals surface area contributed by atoms with E-state index in [0.29, 0.717) is 4.90 Å². The first-order valence-electron chi connectivity index (χ1n) is 6.67. The zero-order valence-corrected chi connectivity index (χ0v) is 13.5. The van der Waals surface area contributed by atoms with Crippen LogP contribution >= 0.6 is 22.9 Å². The van der Waals surface area contributed by atoms with Gasteiger partial charge in [-0.25, -0.2) is 8.42 Å². The molecule has 3 nitrogen and oxygen atoms in total. The molecule has 1 fully saturated rings. The summed E-state index contributed by atoms with van der Waals surface area (Å²) >= 11 is 7.23. The highest BCUT2D eigenvalue weighted by atomic mass is 35.5. The van der Waals surface area contributed by atoms with Gasteiger partial charge >= 0.3 is 0 Å². The van der Waals surface area contributed by atoms with Gasteiger partial charge in [-0.15, -0.1) is 22.9 Å². The zero-order valence-electron chi connectivity index (χ0n) is 11.1. The maximum absolute atomic E-state index is 12.7. The molecule has 2 rings (SSSR count). The van der Waals surface area contributed by atoms with Crippen LogP contribution in [0.2, 0.25) is 0 Å². The van der Waals surface area contributed by atoms with E-state index in [-0.39, 0.29) is 11.9 Å². The zero-order chi connectivity index (χ0) is 13.9. The fourth-order valence-electron chi connectivity index (χ4n) is 2.63. The van der Waals surface area contributed by atoms with Crippen molar-refractivity contribution in [2.45, 2.75) is 55.3 Å². The van der Waals surface area contributed by atoms with Gasteiger partial charge in [-0.05, 0) is 24.3 Å². The van der Waals surface area contributed by atoms with Gasteiger partial charge in [0.15, 0.2) is 0 Å². The summed E-state index contributed by atoms with van der Waals surface area (Å²) in [6, 6.07) is 1.81. The molecule has 0 saturated heterocycles. The van der Waals surface area contributed by atoms with E-state index >= 15 is 0 Å². The fraction of sp³-hybridized carbons (Fsp3) is 0.692. The number of hydrogen-bond donors (Lipinski definition) is 0. The van der Waals surface area contributed by atoms with Crippen molar-refractivity contribution < 1.29 is 8.42 Å². The lowest BCUT2D eigenvalue weighted by molar-refractivity contribution is 0.335. The van der Waals surface area contributed by atoms with Crippen LogP contribution in [-0.2, 0) is 15.9 Å². The van der Waals surface area contributed by atoms with Gasteiger partial charge in [0.25, 0.3) is 0 Å². The highest BCUT2D eigenvalue weighted by Gasteiger charge is 2.30. The molecule has 0 unspecified atom stereocenters. The Balaban J connectivity index is 2.23. The third kappa shape index (κ3) is 3.32. The van der Waals surface area contributed by atoms with Gasteiger partial charge < -0.3 is 0 Å². The molecule has 0 bridgehead atoms. The molecule has 0 aliphatic heterocycles. The molecule has 1 aromatic heterocycles. The molecule has 1 heterocycles. The van der Waals surface area contributed by atoms with Gasteiger partial charge in [-0.3, -0.25) is 0 Å². The van der Waals surface area contributed by atoms with E-state index in [0.717, 1.165) is 30.6 Å². The third-order valence-corrected chi connectivity index (χ3v) is 7.29. The molecule has 0 atom stereocenters. The second-order valence-corrected chi connectivity index (χ2v) is 8.24. The minimum Gasteiger partial charge on any atom is -0.207 e. The van der Waals surface area contributed by atoms with E-state index in [1.807, 2.05) is 0 Å². The summed E-state index contributed by atoms with van der Waals surface area (Å²) < 4.78 is 26.9. The fourth-order valence-corrected chi connectivity index (χ4v) is 5.72. The molecule has 108 valence electrons. The second-order valence-electron chi connectivity index (χ2n) is 5.01. The van der Waals surface area contributed by atoms with Crippen molar-refractivity contribution in [1.82, 2.24) is 4.31 Å². The van der Waals surface area contributed by atoms with E-state index in [1.54, 1.807) is 22.8 Å². The molecule has 0 amide bonds. The van der Waals surface area contributed by atoms with Crippen molar-refractivity contribution in [1.29, 1.82) is 0 Å². The van der Waals surface area contributed by atoms with Crippen molar-refractivity contribution in [3.05, 3.63) is 16.3 Å².